The van der Waals surface area contributed by atoms with Crippen LogP contribution in [0, 0.1) is 17.0 Å². The zero-order valence-electron chi connectivity index (χ0n) is 19.1. The van der Waals surface area contributed by atoms with Gasteiger partial charge in [0.15, 0.2) is 5.16 Å². The van der Waals surface area contributed by atoms with Gasteiger partial charge in [0.2, 0.25) is 5.91 Å². The highest BCUT2D eigenvalue weighted by Crippen LogP contribution is 2.24. The average Bonchev–Trinajstić information content (AvgIpc) is 3.21. The number of hydrogen-bond donors (Lipinski definition) is 1. The summed E-state index contributed by atoms with van der Waals surface area (Å²) in [6.45, 7) is 5.26. The van der Waals surface area contributed by atoms with Gasteiger partial charge in [-0.1, -0.05) is 48.5 Å². The lowest BCUT2D eigenvalue weighted by Crippen LogP contribution is -2.30. The highest BCUT2D eigenvalue weighted by molar-refractivity contribution is 7.99. The first-order chi connectivity index (χ1) is 16.5. The molecule has 1 aromatic heterocycles. The summed E-state index contributed by atoms with van der Waals surface area (Å²) in [6, 6.07) is 14.6. The number of aromatic nitrogens is 3. The number of nitro groups is 1. The predicted molar refractivity (Wildman–Crippen MR) is 132 cm³/mol. The van der Waals surface area contributed by atoms with Crippen LogP contribution in [0.2, 0.25) is 0 Å². The van der Waals surface area contributed by atoms with E-state index in [2.05, 4.69) is 37.1 Å². The summed E-state index contributed by atoms with van der Waals surface area (Å²) in [5.41, 5.74) is 2.35. The Morgan fingerprint density at radius 2 is 1.85 bits per heavy atom. The van der Waals surface area contributed by atoms with Crippen molar-refractivity contribution in [3.63, 3.8) is 0 Å². The van der Waals surface area contributed by atoms with Crippen molar-refractivity contribution in [3.8, 4) is 0 Å². The topological polar surface area (TPSA) is 106 Å². The van der Waals surface area contributed by atoms with Gasteiger partial charge in [0, 0.05) is 17.8 Å². The van der Waals surface area contributed by atoms with E-state index in [-0.39, 0.29) is 17.3 Å². The molecule has 0 atom stereocenters. The minimum atomic E-state index is -0.449. The van der Waals surface area contributed by atoms with Gasteiger partial charge in [-0.15, -0.1) is 10.2 Å². The molecule has 2 aromatic carbocycles. The molecule has 1 saturated heterocycles. The lowest BCUT2D eigenvalue weighted by molar-refractivity contribution is -0.384. The van der Waals surface area contributed by atoms with Gasteiger partial charge in [-0.05, 0) is 50.0 Å². The maximum atomic E-state index is 12.6. The summed E-state index contributed by atoms with van der Waals surface area (Å²) >= 11 is 1.34. The van der Waals surface area contributed by atoms with Gasteiger partial charge < -0.3 is 9.88 Å². The number of carbonyl (C=O) groups is 1. The van der Waals surface area contributed by atoms with Crippen molar-refractivity contribution in [1.82, 2.24) is 19.7 Å². The number of carbonyl (C=O) groups excluding carboxylic acids is 1. The molecule has 0 spiro atoms. The molecule has 178 valence electrons. The molecule has 0 saturated carbocycles. The van der Waals surface area contributed by atoms with Crippen LogP contribution in [0.1, 0.15) is 36.2 Å². The number of non-ortho nitro benzene ring substituents is 1. The van der Waals surface area contributed by atoms with Crippen LogP contribution in [0.3, 0.4) is 0 Å². The monoisotopic (exact) mass is 480 g/mol. The molecule has 1 aliphatic rings. The van der Waals surface area contributed by atoms with E-state index in [1.54, 1.807) is 13.0 Å². The number of nitrogens with one attached hydrogen (secondary N) is 1. The fourth-order valence-electron chi connectivity index (χ4n) is 4.00. The van der Waals surface area contributed by atoms with E-state index in [1.807, 2.05) is 18.2 Å². The van der Waals surface area contributed by atoms with Crippen molar-refractivity contribution in [1.29, 1.82) is 0 Å². The molecule has 0 aliphatic carbocycles. The van der Waals surface area contributed by atoms with Gasteiger partial charge in [0.1, 0.15) is 5.82 Å². The Hall–Kier alpha value is -3.24. The van der Waals surface area contributed by atoms with Crippen LogP contribution >= 0.6 is 11.8 Å². The number of amides is 1. The first kappa shape index (κ1) is 23.9. The van der Waals surface area contributed by atoms with E-state index in [0.29, 0.717) is 23.0 Å². The molecule has 3 aromatic rings. The molecule has 4 rings (SSSR count). The Morgan fingerprint density at radius 3 is 2.56 bits per heavy atom. The van der Waals surface area contributed by atoms with Crippen LogP contribution in [0.15, 0.2) is 53.7 Å². The van der Waals surface area contributed by atoms with Crippen molar-refractivity contribution in [3.05, 3.63) is 75.6 Å². The summed E-state index contributed by atoms with van der Waals surface area (Å²) < 4.78 is 2.10. The van der Waals surface area contributed by atoms with Crippen molar-refractivity contribution in [2.24, 2.45) is 0 Å². The number of benzene rings is 2. The zero-order chi connectivity index (χ0) is 23.9. The van der Waals surface area contributed by atoms with Gasteiger partial charge in [0.05, 0.1) is 23.8 Å². The van der Waals surface area contributed by atoms with E-state index >= 15 is 0 Å². The molecule has 1 fully saturated rings. The summed E-state index contributed by atoms with van der Waals surface area (Å²) in [5.74, 6) is 0.862. The van der Waals surface area contributed by atoms with E-state index in [9.17, 15) is 14.9 Å². The Kier molecular flexibility index (Phi) is 7.91. The molecule has 1 aliphatic heterocycles. The van der Waals surface area contributed by atoms with Crippen molar-refractivity contribution in [2.45, 2.75) is 44.4 Å². The Balaban J connectivity index is 1.45. The summed E-state index contributed by atoms with van der Waals surface area (Å²) in [5, 5.41) is 23.3. The minimum Gasteiger partial charge on any atom is -0.325 e. The number of piperidine rings is 1. The summed E-state index contributed by atoms with van der Waals surface area (Å²) in [7, 11) is 0. The number of likely N-dealkylation sites (tertiary alicyclic amines) is 1. The normalized spacial score (nSPS) is 14.1. The Morgan fingerprint density at radius 1 is 1.09 bits per heavy atom. The number of rotatable bonds is 9. The Bertz CT molecular complexity index is 1140. The summed E-state index contributed by atoms with van der Waals surface area (Å²) in [4.78, 5) is 25.5. The fraction of sp³-hybridized carbons (Fsp3) is 0.375. The largest absolute Gasteiger partial charge is 0.325 e. The van der Waals surface area contributed by atoms with Crippen LogP contribution in [-0.2, 0) is 17.9 Å². The first-order valence-corrected chi connectivity index (χ1v) is 12.3. The highest BCUT2D eigenvalue weighted by Gasteiger charge is 2.19. The third kappa shape index (κ3) is 6.21. The average molecular weight is 481 g/mol. The van der Waals surface area contributed by atoms with Gasteiger partial charge >= 0.3 is 0 Å². The van der Waals surface area contributed by atoms with Crippen LogP contribution in [-0.4, -0.2) is 49.3 Å². The van der Waals surface area contributed by atoms with E-state index < -0.39 is 4.92 Å². The number of nitro benzene ring substituents is 1. The number of anilines is 1. The SMILES string of the molecule is Cc1cc([N+](=O)[O-])ccc1NC(=O)CSc1nnc(CN2CCCCC2)n1Cc1ccccc1. The molecular formula is C24H28N6O3S. The van der Waals surface area contributed by atoms with E-state index in [1.165, 1.54) is 43.2 Å². The second-order valence-electron chi connectivity index (χ2n) is 8.40. The van der Waals surface area contributed by atoms with Gasteiger partial charge in [-0.3, -0.25) is 19.8 Å². The van der Waals surface area contributed by atoms with Crippen LogP contribution in [0.5, 0.6) is 0 Å². The van der Waals surface area contributed by atoms with Crippen molar-refractivity contribution < 1.29 is 9.72 Å². The fourth-order valence-corrected chi connectivity index (χ4v) is 4.76. The zero-order valence-corrected chi connectivity index (χ0v) is 20.0. The molecule has 9 nitrogen and oxygen atoms in total. The number of nitrogens with zero attached hydrogens (tertiary/aromatic N) is 5. The lowest BCUT2D eigenvalue weighted by atomic mass is 10.1. The molecular weight excluding hydrogens is 452 g/mol. The van der Waals surface area contributed by atoms with Crippen LogP contribution < -0.4 is 5.32 Å². The van der Waals surface area contributed by atoms with Crippen LogP contribution in [0.25, 0.3) is 0 Å². The van der Waals surface area contributed by atoms with Gasteiger partial charge in [-0.25, -0.2) is 0 Å². The predicted octanol–water partition coefficient (Wildman–Crippen LogP) is 4.26. The smallest absolute Gasteiger partial charge is 0.269 e. The highest BCUT2D eigenvalue weighted by atomic mass is 32.2. The molecule has 0 unspecified atom stereocenters. The van der Waals surface area contributed by atoms with E-state index in [4.69, 9.17) is 0 Å². The number of hydrogen-bond acceptors (Lipinski definition) is 7. The molecule has 0 radical (unpaired) electrons. The first-order valence-electron chi connectivity index (χ1n) is 11.4. The molecule has 2 heterocycles. The number of thioether (sulfide) groups is 1. The van der Waals surface area contributed by atoms with Gasteiger partial charge in [-0.2, -0.15) is 0 Å². The summed E-state index contributed by atoms with van der Waals surface area (Å²) in [6.07, 6.45) is 3.69. The second-order valence-corrected chi connectivity index (χ2v) is 9.34. The Labute approximate surface area is 202 Å². The van der Waals surface area contributed by atoms with E-state index in [0.717, 1.165) is 31.0 Å². The third-order valence-electron chi connectivity index (χ3n) is 5.82. The van der Waals surface area contributed by atoms with Crippen LogP contribution in [0.4, 0.5) is 11.4 Å². The quantitative estimate of drug-likeness (QED) is 0.277. The molecule has 1 amide bonds. The minimum absolute atomic E-state index is 0.000114. The second kappa shape index (κ2) is 11.3. The molecule has 10 heteroatoms. The molecule has 34 heavy (non-hydrogen) atoms. The lowest BCUT2D eigenvalue weighted by Gasteiger charge is -2.26. The van der Waals surface area contributed by atoms with Crippen molar-refractivity contribution in [2.75, 3.05) is 24.2 Å². The standard InChI is InChI=1S/C24H28N6O3S/c1-18-14-20(30(32)33)10-11-21(18)25-23(31)17-34-24-27-26-22(16-28-12-6-3-7-13-28)29(24)15-19-8-4-2-5-9-19/h2,4-5,8-11,14H,3,6-7,12-13,15-17H2,1H3,(H,25,31). The van der Waals surface area contributed by atoms with Gasteiger partial charge in [0.25, 0.3) is 5.69 Å². The third-order valence-corrected chi connectivity index (χ3v) is 6.78. The maximum absolute atomic E-state index is 12.6. The maximum Gasteiger partial charge on any atom is 0.269 e. The molecule has 0 bridgehead atoms. The van der Waals surface area contributed by atoms with Crippen molar-refractivity contribution >= 4 is 29.0 Å². The molecule has 1 N–H and O–H groups in total. The number of aryl methyl sites for hydroxylation is 1.